The minimum absolute atomic E-state index is 0.250. The molecule has 6 heteroatoms. The second-order valence-corrected chi connectivity index (χ2v) is 11.6. The van der Waals surface area contributed by atoms with Gasteiger partial charge in [-0.3, -0.25) is 0 Å². The zero-order chi connectivity index (χ0) is 35.2. The van der Waals surface area contributed by atoms with Crippen LogP contribution in [-0.4, -0.2) is 42.7 Å². The van der Waals surface area contributed by atoms with Gasteiger partial charge in [-0.25, -0.2) is 0 Å². The lowest BCUT2D eigenvalue weighted by molar-refractivity contribution is -0.275. The van der Waals surface area contributed by atoms with E-state index in [2.05, 4.69) is 60.7 Å². The summed E-state index contributed by atoms with van der Waals surface area (Å²) in [6.45, 7) is 8.00. The summed E-state index contributed by atoms with van der Waals surface area (Å²) in [5, 5.41) is 7.57. The zero-order valence-electron chi connectivity index (χ0n) is 29.6. The Morgan fingerprint density at radius 1 is 0.480 bits per heavy atom. The fraction of sp³-hybridized carbons (Fsp3) is 0.318. The summed E-state index contributed by atoms with van der Waals surface area (Å²) in [7, 11) is 0. The van der Waals surface area contributed by atoms with Gasteiger partial charge in [0.05, 0.1) is 33.0 Å². The first-order valence-corrected chi connectivity index (χ1v) is 17.6. The van der Waals surface area contributed by atoms with Crippen molar-refractivity contribution in [2.45, 2.75) is 77.7 Å². The molecule has 5 aromatic carbocycles. The third kappa shape index (κ3) is 12.3. The maximum atomic E-state index is 7.57. The molecule has 6 nitrogen and oxygen atoms in total. The van der Waals surface area contributed by atoms with Crippen LogP contribution in [0, 0.1) is 0 Å². The molecule has 0 bridgehead atoms. The lowest BCUT2D eigenvalue weighted by Crippen LogP contribution is -2.58. The van der Waals surface area contributed by atoms with Gasteiger partial charge in [0.1, 0.15) is 30.5 Å². The molecular formula is C44H52O6. The van der Waals surface area contributed by atoms with Gasteiger partial charge in [-0.1, -0.05) is 166 Å². The highest BCUT2D eigenvalue weighted by Gasteiger charge is 2.49. The summed E-state index contributed by atoms with van der Waals surface area (Å²) in [5.41, 5.74) is 5.38. The third-order valence-electron chi connectivity index (χ3n) is 8.01. The van der Waals surface area contributed by atoms with Gasteiger partial charge in [-0.05, 0) is 34.7 Å². The quantitative estimate of drug-likeness (QED) is 0.127. The van der Waals surface area contributed by atoms with Crippen molar-refractivity contribution in [2.75, 3.05) is 13.2 Å². The molecule has 0 aromatic heterocycles. The number of benzene rings is 5. The summed E-state index contributed by atoms with van der Waals surface area (Å²) < 4.78 is 33.6. The number of hydrogen-bond acceptors (Lipinski definition) is 6. The fourth-order valence-electron chi connectivity index (χ4n) is 5.70. The largest absolute Gasteiger partial charge is 0.397 e. The van der Waals surface area contributed by atoms with Crippen LogP contribution in [0.4, 0.5) is 0 Å². The van der Waals surface area contributed by atoms with Crippen molar-refractivity contribution in [3.05, 3.63) is 179 Å². The van der Waals surface area contributed by atoms with E-state index < -0.39 is 30.5 Å². The van der Waals surface area contributed by atoms with Gasteiger partial charge in [0.15, 0.2) is 0 Å². The van der Waals surface area contributed by atoms with E-state index in [1.54, 1.807) is 6.92 Å². The second kappa shape index (κ2) is 22.6. The van der Waals surface area contributed by atoms with Crippen LogP contribution in [0.5, 0.6) is 0 Å². The van der Waals surface area contributed by atoms with Gasteiger partial charge < -0.3 is 28.8 Å². The van der Waals surface area contributed by atoms with Crippen molar-refractivity contribution in [2.24, 2.45) is 0 Å². The van der Waals surface area contributed by atoms with Gasteiger partial charge in [0.25, 0.3) is 0 Å². The van der Waals surface area contributed by atoms with Crippen LogP contribution in [0.3, 0.4) is 0 Å². The molecule has 0 amide bonds. The molecule has 1 aliphatic rings. The predicted octanol–water partition coefficient (Wildman–Crippen LogP) is 9.12. The van der Waals surface area contributed by atoms with Crippen LogP contribution >= 0.6 is 0 Å². The number of rotatable bonds is 14. The third-order valence-corrected chi connectivity index (χ3v) is 8.01. The Balaban J connectivity index is 0.00000107. The van der Waals surface area contributed by atoms with Gasteiger partial charge >= 0.3 is 0 Å². The van der Waals surface area contributed by atoms with Crippen molar-refractivity contribution in [1.82, 2.24) is 0 Å². The number of ether oxygens (including phenoxy) is 5. The Hall–Kier alpha value is -4.14. The highest BCUT2D eigenvalue weighted by molar-refractivity contribution is 5.22. The maximum Gasteiger partial charge on any atom is 0.117 e. The molecule has 0 aliphatic carbocycles. The molecule has 50 heavy (non-hydrogen) atoms. The van der Waals surface area contributed by atoms with E-state index in [-0.39, 0.29) is 6.61 Å². The Labute approximate surface area is 298 Å². The molecule has 264 valence electrons. The molecule has 1 aliphatic heterocycles. The Morgan fingerprint density at radius 3 is 1.24 bits per heavy atom. The SMILES string of the molecule is CC.CCO.c1ccc(COC[C@H]2O[C@@H](c3ccccc3)[C@H](OCc3ccccc3)[C@@H](OCc3ccccc3)[C@@H]2OCc2ccccc2)cc1. The van der Waals surface area contributed by atoms with Gasteiger partial charge in [-0.15, -0.1) is 0 Å². The standard InChI is InChI=1S/C40H40O5.C2H6O.C2H6/c1-6-16-31(17-7-1)26-41-30-36-38(42-27-32-18-8-2-9-19-32)40(44-29-34-22-12-4-13-23-34)39(43-28-33-20-10-3-11-21-33)37(45-36)35-24-14-5-15-25-35;1-2-3;1-2/h1-25,36-40H,26-30H2;3H,2H2,1H3;1-2H3/t36-,37+,38-,39+,40+;;/m1../s1. The lowest BCUT2D eigenvalue weighted by Gasteiger charge is -2.46. The molecule has 1 fully saturated rings. The molecule has 5 aromatic rings. The molecule has 6 rings (SSSR count). The first-order chi connectivity index (χ1) is 24.7. The van der Waals surface area contributed by atoms with Crippen molar-refractivity contribution in [1.29, 1.82) is 0 Å². The van der Waals surface area contributed by atoms with Gasteiger partial charge in [0, 0.05) is 6.61 Å². The van der Waals surface area contributed by atoms with E-state index in [9.17, 15) is 0 Å². The summed E-state index contributed by atoms with van der Waals surface area (Å²) in [6, 6.07) is 51.1. The summed E-state index contributed by atoms with van der Waals surface area (Å²) in [5.74, 6) is 0. The van der Waals surface area contributed by atoms with E-state index in [1.165, 1.54) is 0 Å². The Kier molecular flexibility index (Phi) is 17.4. The number of hydrogen-bond donors (Lipinski definition) is 1. The Bertz CT molecular complexity index is 1540. The van der Waals surface area contributed by atoms with Crippen LogP contribution in [0.2, 0.25) is 0 Å². The van der Waals surface area contributed by atoms with E-state index in [0.717, 1.165) is 27.8 Å². The van der Waals surface area contributed by atoms with Crippen LogP contribution in [0.15, 0.2) is 152 Å². The van der Waals surface area contributed by atoms with E-state index in [1.807, 2.05) is 105 Å². The average molecular weight is 677 g/mol. The first-order valence-electron chi connectivity index (χ1n) is 17.6. The van der Waals surface area contributed by atoms with Crippen molar-refractivity contribution >= 4 is 0 Å². The van der Waals surface area contributed by atoms with E-state index >= 15 is 0 Å². The first kappa shape index (κ1) is 38.7. The molecule has 5 atom stereocenters. The highest BCUT2D eigenvalue weighted by atomic mass is 16.6. The van der Waals surface area contributed by atoms with E-state index in [0.29, 0.717) is 33.0 Å². The normalized spacial score (nSPS) is 19.7. The van der Waals surface area contributed by atoms with Crippen LogP contribution in [0.1, 0.15) is 54.7 Å². The molecule has 0 spiro atoms. The second-order valence-electron chi connectivity index (χ2n) is 11.6. The minimum Gasteiger partial charge on any atom is -0.397 e. The molecule has 1 N–H and O–H groups in total. The Morgan fingerprint density at radius 2 is 0.820 bits per heavy atom. The summed E-state index contributed by atoms with van der Waals surface area (Å²) >= 11 is 0. The van der Waals surface area contributed by atoms with Crippen molar-refractivity contribution in [3.63, 3.8) is 0 Å². The van der Waals surface area contributed by atoms with Crippen LogP contribution < -0.4 is 0 Å². The van der Waals surface area contributed by atoms with Gasteiger partial charge in [0.2, 0.25) is 0 Å². The van der Waals surface area contributed by atoms with E-state index in [4.69, 9.17) is 28.8 Å². The molecule has 0 saturated carbocycles. The summed E-state index contributed by atoms with van der Waals surface area (Å²) in [4.78, 5) is 0. The lowest BCUT2D eigenvalue weighted by atomic mass is 9.90. The van der Waals surface area contributed by atoms with Gasteiger partial charge in [-0.2, -0.15) is 0 Å². The zero-order valence-corrected chi connectivity index (χ0v) is 29.6. The smallest absolute Gasteiger partial charge is 0.117 e. The molecule has 1 heterocycles. The molecule has 1 saturated heterocycles. The molecule has 0 radical (unpaired) electrons. The topological polar surface area (TPSA) is 66.4 Å². The van der Waals surface area contributed by atoms with Crippen LogP contribution in [0.25, 0.3) is 0 Å². The fourth-order valence-corrected chi connectivity index (χ4v) is 5.70. The maximum absolute atomic E-state index is 7.57. The highest BCUT2D eigenvalue weighted by Crippen LogP contribution is 2.38. The van der Waals surface area contributed by atoms with Crippen LogP contribution in [-0.2, 0) is 50.1 Å². The molecule has 0 unspecified atom stereocenters. The predicted molar refractivity (Wildman–Crippen MR) is 199 cm³/mol. The average Bonchev–Trinajstić information content (AvgIpc) is 3.19. The van der Waals surface area contributed by atoms with Crippen molar-refractivity contribution in [3.8, 4) is 0 Å². The monoisotopic (exact) mass is 676 g/mol. The number of aliphatic hydroxyl groups is 1. The summed E-state index contributed by atoms with van der Waals surface area (Å²) in [6.07, 6.45) is -2.13. The minimum atomic E-state index is -0.453. The van der Waals surface area contributed by atoms with Crippen molar-refractivity contribution < 1.29 is 28.8 Å². The number of aliphatic hydroxyl groups excluding tert-OH is 1. The molecular weight excluding hydrogens is 624 g/mol.